The van der Waals surface area contributed by atoms with Crippen LogP contribution in [0.3, 0.4) is 0 Å². The molecule has 0 unspecified atom stereocenters. The topological polar surface area (TPSA) is 42.9 Å². The van der Waals surface area contributed by atoms with Gasteiger partial charge in [-0.2, -0.15) is 0 Å². The van der Waals surface area contributed by atoms with Crippen molar-refractivity contribution < 1.29 is 4.79 Å². The molecule has 3 nitrogen and oxygen atoms in total. The first kappa shape index (κ1) is 11.5. The average Bonchev–Trinajstić information content (AvgIpc) is 2.95. The molecule has 0 saturated carbocycles. The Hall–Kier alpha value is -1.59. The Kier molecular flexibility index (Phi) is 2.72. The van der Waals surface area contributed by atoms with Crippen LogP contribution < -0.4 is 0 Å². The number of hydrogen-bond donors (Lipinski definition) is 0. The zero-order chi connectivity index (χ0) is 12.7. The van der Waals surface area contributed by atoms with Gasteiger partial charge in [-0.15, -0.1) is 22.7 Å². The fourth-order valence-corrected chi connectivity index (χ4v) is 3.78. The lowest BCUT2D eigenvalue weighted by atomic mass is 10.2. The van der Waals surface area contributed by atoms with E-state index in [9.17, 15) is 4.79 Å². The number of thiophene rings is 1. The molecule has 5 heteroatoms. The number of aromatic nitrogens is 2. The second-order valence-electron chi connectivity index (χ2n) is 4.07. The quantitative estimate of drug-likeness (QED) is 0.665. The summed E-state index contributed by atoms with van der Waals surface area (Å²) < 4.78 is 1.16. The van der Waals surface area contributed by atoms with Crippen molar-refractivity contribution >= 4 is 38.5 Å². The summed E-state index contributed by atoms with van der Waals surface area (Å²) >= 11 is 3.17. The molecule has 0 aliphatic heterocycles. The van der Waals surface area contributed by atoms with Gasteiger partial charge in [0.1, 0.15) is 10.7 Å². The van der Waals surface area contributed by atoms with Crippen LogP contribution >= 0.6 is 22.7 Å². The molecule has 0 radical (unpaired) electrons. The molecule has 0 fully saturated rings. The number of carbonyl (C=O) groups is 1. The number of nitrogens with zero attached hydrogens (tertiary/aromatic N) is 2. The Morgan fingerprint density at radius 1 is 1.33 bits per heavy atom. The lowest BCUT2D eigenvalue weighted by Gasteiger charge is -1.91. The van der Waals surface area contributed by atoms with Gasteiger partial charge < -0.3 is 0 Å². The van der Waals surface area contributed by atoms with Gasteiger partial charge >= 0.3 is 0 Å². The number of aryl methyl sites for hydroxylation is 1. The first-order valence-corrected chi connectivity index (χ1v) is 7.16. The van der Waals surface area contributed by atoms with E-state index >= 15 is 0 Å². The first-order valence-electron chi connectivity index (χ1n) is 5.46. The predicted octanol–water partition coefficient (Wildman–Crippen LogP) is 3.93. The van der Waals surface area contributed by atoms with Crippen LogP contribution in [0.1, 0.15) is 23.0 Å². The first-order chi connectivity index (χ1) is 8.65. The minimum Gasteiger partial charge on any atom is -0.293 e. The van der Waals surface area contributed by atoms with Crippen molar-refractivity contribution in [2.45, 2.75) is 13.8 Å². The zero-order valence-electron chi connectivity index (χ0n) is 9.93. The number of Topliss-reactive ketones (excluding diaryl/α,β-unsaturated/α-hetero) is 1. The number of rotatable bonds is 2. The van der Waals surface area contributed by atoms with Crippen LogP contribution in [-0.4, -0.2) is 15.8 Å². The predicted molar refractivity (Wildman–Crippen MR) is 75.5 cm³/mol. The van der Waals surface area contributed by atoms with Crippen LogP contribution in [0.5, 0.6) is 0 Å². The molecule has 0 aliphatic carbocycles. The Morgan fingerprint density at radius 2 is 2.17 bits per heavy atom. The van der Waals surface area contributed by atoms with Crippen molar-refractivity contribution in [2.24, 2.45) is 0 Å². The van der Waals surface area contributed by atoms with Gasteiger partial charge in [0, 0.05) is 24.7 Å². The number of hydrogen-bond acceptors (Lipinski definition) is 5. The van der Waals surface area contributed by atoms with Crippen molar-refractivity contribution in [1.29, 1.82) is 0 Å². The highest BCUT2D eigenvalue weighted by molar-refractivity contribution is 7.25. The third kappa shape index (κ3) is 1.85. The van der Waals surface area contributed by atoms with E-state index in [2.05, 4.69) is 23.0 Å². The van der Waals surface area contributed by atoms with E-state index < -0.39 is 0 Å². The highest BCUT2D eigenvalue weighted by Gasteiger charge is 2.11. The number of carbonyl (C=O) groups excluding carboxylic acids is 1. The summed E-state index contributed by atoms with van der Waals surface area (Å²) in [6, 6.07) is 2.12. The third-order valence-electron chi connectivity index (χ3n) is 2.72. The van der Waals surface area contributed by atoms with Gasteiger partial charge in [-0.25, -0.2) is 4.98 Å². The molecule has 0 spiro atoms. The summed E-state index contributed by atoms with van der Waals surface area (Å²) in [7, 11) is 0. The maximum absolute atomic E-state index is 11.3. The molecule has 0 aliphatic rings. The number of pyridine rings is 1. The van der Waals surface area contributed by atoms with E-state index in [0.717, 1.165) is 14.6 Å². The van der Waals surface area contributed by atoms with Crippen molar-refractivity contribution in [3.63, 3.8) is 0 Å². The fourth-order valence-electron chi connectivity index (χ4n) is 1.75. The van der Waals surface area contributed by atoms with Crippen LogP contribution in [0.25, 0.3) is 20.0 Å². The van der Waals surface area contributed by atoms with Crippen molar-refractivity contribution in [3.8, 4) is 9.88 Å². The average molecular weight is 274 g/mol. The van der Waals surface area contributed by atoms with E-state index in [1.807, 2.05) is 17.8 Å². The summed E-state index contributed by atoms with van der Waals surface area (Å²) in [5.74, 6) is 0.0106. The molecule has 0 aromatic carbocycles. The normalized spacial score (nSPS) is 11.0. The van der Waals surface area contributed by atoms with Gasteiger partial charge in [0.05, 0.1) is 9.58 Å². The van der Waals surface area contributed by atoms with Gasteiger partial charge in [-0.1, -0.05) is 0 Å². The van der Waals surface area contributed by atoms with Gasteiger partial charge in [0.25, 0.3) is 0 Å². The Labute approximate surface area is 112 Å². The summed E-state index contributed by atoms with van der Waals surface area (Å²) in [4.78, 5) is 20.9. The highest BCUT2D eigenvalue weighted by atomic mass is 32.1. The standard InChI is InChI=1S/C13H10N2OS2/c1-7-4-14-5-12-9(7)3-11(18-12)13-15-10(6-17-13)8(2)16/h3-6H,1-2H3. The number of thiazole rings is 1. The van der Waals surface area contributed by atoms with Gasteiger partial charge in [0.2, 0.25) is 0 Å². The summed E-state index contributed by atoms with van der Waals surface area (Å²) in [5.41, 5.74) is 1.71. The second-order valence-corrected chi connectivity index (χ2v) is 6.01. The summed E-state index contributed by atoms with van der Waals surface area (Å²) in [6.45, 7) is 3.59. The molecule has 0 amide bonds. The molecule has 3 rings (SSSR count). The van der Waals surface area contributed by atoms with Crippen LogP contribution in [0.4, 0.5) is 0 Å². The number of fused-ring (bicyclic) bond motifs is 1. The maximum Gasteiger partial charge on any atom is 0.178 e. The molecule has 0 bridgehead atoms. The second kappa shape index (κ2) is 4.26. The van der Waals surface area contributed by atoms with Crippen LogP contribution in [-0.2, 0) is 0 Å². The Bertz CT molecular complexity index is 742. The van der Waals surface area contributed by atoms with E-state index in [4.69, 9.17) is 0 Å². The molecule has 3 aromatic rings. The van der Waals surface area contributed by atoms with E-state index in [-0.39, 0.29) is 5.78 Å². The largest absolute Gasteiger partial charge is 0.293 e. The molecule has 0 saturated heterocycles. The maximum atomic E-state index is 11.3. The fraction of sp³-hybridized carbons (Fsp3) is 0.154. The Morgan fingerprint density at radius 3 is 2.83 bits per heavy atom. The van der Waals surface area contributed by atoms with Gasteiger partial charge in [-0.05, 0) is 23.9 Å². The van der Waals surface area contributed by atoms with Gasteiger partial charge in [-0.3, -0.25) is 9.78 Å². The molecule has 90 valence electrons. The lowest BCUT2D eigenvalue weighted by Crippen LogP contribution is -1.90. The highest BCUT2D eigenvalue weighted by Crippen LogP contribution is 2.35. The smallest absolute Gasteiger partial charge is 0.178 e. The minimum atomic E-state index is 0.0106. The molecule has 18 heavy (non-hydrogen) atoms. The summed E-state index contributed by atoms with van der Waals surface area (Å²) in [5, 5.41) is 3.93. The molecule has 3 aromatic heterocycles. The molecule has 0 N–H and O–H groups in total. The van der Waals surface area contributed by atoms with Crippen LogP contribution in [0, 0.1) is 6.92 Å². The van der Waals surface area contributed by atoms with Crippen LogP contribution in [0.2, 0.25) is 0 Å². The van der Waals surface area contributed by atoms with Crippen molar-refractivity contribution in [1.82, 2.24) is 9.97 Å². The van der Waals surface area contributed by atoms with Gasteiger partial charge in [0.15, 0.2) is 5.78 Å². The lowest BCUT2D eigenvalue weighted by molar-refractivity contribution is 0.101. The van der Waals surface area contributed by atoms with E-state index in [0.29, 0.717) is 5.69 Å². The van der Waals surface area contributed by atoms with Crippen molar-refractivity contribution in [3.05, 3.63) is 35.1 Å². The molecule has 3 heterocycles. The molecular weight excluding hydrogens is 264 g/mol. The number of ketones is 1. The van der Waals surface area contributed by atoms with Crippen LogP contribution in [0.15, 0.2) is 23.8 Å². The molecular formula is C13H10N2OS2. The monoisotopic (exact) mass is 274 g/mol. The zero-order valence-corrected chi connectivity index (χ0v) is 11.6. The van der Waals surface area contributed by atoms with Crippen molar-refractivity contribution in [2.75, 3.05) is 0 Å². The van der Waals surface area contributed by atoms with E-state index in [1.165, 1.54) is 29.2 Å². The van der Waals surface area contributed by atoms with E-state index in [1.54, 1.807) is 11.3 Å². The molecule has 0 atom stereocenters. The summed E-state index contributed by atoms with van der Waals surface area (Å²) in [6.07, 6.45) is 3.73. The SMILES string of the molecule is CC(=O)c1csc(-c2cc3c(C)cncc3s2)n1. The Balaban J connectivity index is 2.13. The third-order valence-corrected chi connectivity index (χ3v) is 4.80. The minimum absolute atomic E-state index is 0.0106.